The van der Waals surface area contributed by atoms with E-state index in [1.165, 1.54) is 23.1 Å². The Morgan fingerprint density at radius 2 is 2.20 bits per heavy atom. The predicted molar refractivity (Wildman–Crippen MR) is 102 cm³/mol. The van der Waals surface area contributed by atoms with Gasteiger partial charge in [0, 0.05) is 30.2 Å². The van der Waals surface area contributed by atoms with Gasteiger partial charge in [-0.2, -0.15) is 4.99 Å². The van der Waals surface area contributed by atoms with Gasteiger partial charge < -0.3 is 5.32 Å². The molecular formula is C17H16N4O2S2. The molecular weight excluding hydrogens is 356 g/mol. The quantitative estimate of drug-likeness (QED) is 0.790. The fourth-order valence-corrected chi connectivity index (χ4v) is 3.99. The molecule has 25 heavy (non-hydrogen) atoms. The summed E-state index contributed by atoms with van der Waals surface area (Å²) in [6.45, 7) is 4.04. The van der Waals surface area contributed by atoms with Gasteiger partial charge in [0.1, 0.15) is 5.25 Å². The molecule has 2 amide bonds. The van der Waals surface area contributed by atoms with E-state index in [-0.39, 0.29) is 18.2 Å². The van der Waals surface area contributed by atoms with E-state index in [2.05, 4.69) is 21.9 Å². The van der Waals surface area contributed by atoms with Crippen molar-refractivity contribution < 1.29 is 9.59 Å². The minimum absolute atomic E-state index is 0.0862. The number of carbonyl (C=O) groups excluding carboxylic acids is 2. The average Bonchev–Trinajstić information content (AvgIpc) is 3.20. The van der Waals surface area contributed by atoms with E-state index in [1.807, 2.05) is 23.6 Å². The molecule has 1 aliphatic rings. The maximum atomic E-state index is 12.6. The minimum Gasteiger partial charge on any atom is -0.326 e. The van der Waals surface area contributed by atoms with Gasteiger partial charge in [-0.25, -0.2) is 4.98 Å². The lowest BCUT2D eigenvalue weighted by Crippen LogP contribution is -2.33. The molecule has 1 aromatic heterocycles. The van der Waals surface area contributed by atoms with Crippen LogP contribution in [-0.4, -0.2) is 38.7 Å². The monoisotopic (exact) mass is 372 g/mol. The molecule has 2 aromatic rings. The van der Waals surface area contributed by atoms with Crippen molar-refractivity contribution in [2.75, 3.05) is 11.9 Å². The van der Waals surface area contributed by atoms with Gasteiger partial charge in [0.2, 0.25) is 16.9 Å². The van der Waals surface area contributed by atoms with Gasteiger partial charge in [-0.15, -0.1) is 17.9 Å². The first-order chi connectivity index (χ1) is 12.2. The van der Waals surface area contributed by atoms with Crippen molar-refractivity contribution in [2.24, 2.45) is 4.99 Å². The van der Waals surface area contributed by atoms with Crippen LogP contribution >= 0.6 is 23.1 Å². The van der Waals surface area contributed by atoms with Crippen molar-refractivity contribution in [3.63, 3.8) is 0 Å². The van der Waals surface area contributed by atoms with Gasteiger partial charge in [0.25, 0.3) is 0 Å². The molecule has 1 fully saturated rings. The average molecular weight is 372 g/mol. The van der Waals surface area contributed by atoms with E-state index >= 15 is 0 Å². The van der Waals surface area contributed by atoms with Gasteiger partial charge in [0.15, 0.2) is 5.17 Å². The molecule has 2 heterocycles. The molecule has 1 aliphatic heterocycles. The highest BCUT2D eigenvalue weighted by Gasteiger charge is 2.38. The molecule has 6 nitrogen and oxygen atoms in total. The molecule has 1 saturated heterocycles. The van der Waals surface area contributed by atoms with Crippen molar-refractivity contribution in [3.05, 3.63) is 54.6 Å². The van der Waals surface area contributed by atoms with Gasteiger partial charge in [-0.3, -0.25) is 14.5 Å². The molecule has 3 rings (SSSR count). The minimum atomic E-state index is -0.498. The molecule has 0 spiro atoms. The number of hydrogen-bond donors (Lipinski definition) is 1. The molecule has 0 radical (unpaired) electrons. The molecule has 0 saturated carbocycles. The smallest absolute Gasteiger partial charge is 0.242 e. The molecule has 128 valence electrons. The molecule has 8 heteroatoms. The summed E-state index contributed by atoms with van der Waals surface area (Å²) in [6, 6.07) is 9.17. The Bertz CT molecular complexity index is 790. The molecule has 0 bridgehead atoms. The van der Waals surface area contributed by atoms with Crippen LogP contribution in [-0.2, 0) is 9.59 Å². The summed E-state index contributed by atoms with van der Waals surface area (Å²) in [5.41, 5.74) is 0.711. The maximum Gasteiger partial charge on any atom is 0.242 e. The number of amidine groups is 1. The number of aliphatic imine (C=N–C) groups is 1. The number of thioether (sulfide) groups is 1. The molecule has 1 unspecified atom stereocenters. The fourth-order valence-electron chi connectivity index (χ4n) is 2.28. The van der Waals surface area contributed by atoms with Crippen molar-refractivity contribution in [1.29, 1.82) is 0 Å². The second-order valence-electron chi connectivity index (χ2n) is 5.17. The Morgan fingerprint density at radius 3 is 2.88 bits per heavy atom. The van der Waals surface area contributed by atoms with E-state index in [0.717, 1.165) is 0 Å². The fraction of sp³-hybridized carbons (Fsp3) is 0.176. The highest BCUT2D eigenvalue weighted by atomic mass is 32.2. The molecule has 1 aromatic carbocycles. The number of amides is 2. The maximum absolute atomic E-state index is 12.6. The van der Waals surface area contributed by atoms with Crippen LogP contribution in [0.25, 0.3) is 0 Å². The summed E-state index contributed by atoms with van der Waals surface area (Å²) in [5, 5.41) is 5.26. The van der Waals surface area contributed by atoms with Crippen molar-refractivity contribution in [3.8, 4) is 0 Å². The normalized spacial score (nSPS) is 18.6. The van der Waals surface area contributed by atoms with Crippen LogP contribution in [0.4, 0.5) is 10.8 Å². The molecule has 1 atom stereocenters. The third-order valence-electron chi connectivity index (χ3n) is 3.37. The van der Waals surface area contributed by atoms with E-state index in [4.69, 9.17) is 0 Å². The van der Waals surface area contributed by atoms with E-state index in [0.29, 0.717) is 22.5 Å². The Balaban J connectivity index is 1.70. The van der Waals surface area contributed by atoms with E-state index in [1.54, 1.807) is 29.3 Å². The number of thiazole rings is 1. The number of hydrogen-bond acceptors (Lipinski definition) is 6. The number of para-hydroxylation sites is 1. The summed E-state index contributed by atoms with van der Waals surface area (Å²) < 4.78 is 0. The number of carbonyl (C=O) groups is 2. The second-order valence-corrected chi connectivity index (χ2v) is 7.21. The zero-order valence-electron chi connectivity index (χ0n) is 13.3. The van der Waals surface area contributed by atoms with Crippen molar-refractivity contribution in [2.45, 2.75) is 11.7 Å². The summed E-state index contributed by atoms with van der Waals surface area (Å²) >= 11 is 2.68. The first kappa shape index (κ1) is 17.4. The summed E-state index contributed by atoms with van der Waals surface area (Å²) in [6.07, 6.45) is 3.39. The first-order valence-corrected chi connectivity index (χ1v) is 9.35. The van der Waals surface area contributed by atoms with Crippen LogP contribution in [0, 0.1) is 0 Å². The van der Waals surface area contributed by atoms with E-state index in [9.17, 15) is 9.59 Å². The van der Waals surface area contributed by atoms with Gasteiger partial charge in [0.05, 0.1) is 0 Å². The number of nitrogens with one attached hydrogen (secondary N) is 1. The lowest BCUT2D eigenvalue weighted by Gasteiger charge is -2.13. The highest BCUT2D eigenvalue weighted by molar-refractivity contribution is 8.15. The van der Waals surface area contributed by atoms with Crippen LogP contribution in [0.15, 0.2) is 59.6 Å². The SMILES string of the molecule is C=CCN1C(=O)C(CC(=O)Nc2ccccc2)S/C1=N\c1nccs1. The molecule has 0 aliphatic carbocycles. The van der Waals surface area contributed by atoms with Crippen LogP contribution in [0.2, 0.25) is 0 Å². The van der Waals surface area contributed by atoms with Crippen LogP contribution in [0.1, 0.15) is 6.42 Å². The topological polar surface area (TPSA) is 74.7 Å². The zero-order valence-corrected chi connectivity index (χ0v) is 14.9. The van der Waals surface area contributed by atoms with Crippen LogP contribution < -0.4 is 5.32 Å². The van der Waals surface area contributed by atoms with Crippen LogP contribution in [0.3, 0.4) is 0 Å². The zero-order chi connectivity index (χ0) is 17.6. The van der Waals surface area contributed by atoms with Crippen LogP contribution in [0.5, 0.6) is 0 Å². The standard InChI is InChI=1S/C17H16N4O2S2/c1-2-9-21-15(23)13(25-17(21)20-16-18-8-10-24-16)11-14(22)19-12-6-4-3-5-7-12/h2-8,10,13H,1,9,11H2,(H,19,22)/b20-17-. The number of benzene rings is 1. The number of anilines is 1. The van der Waals surface area contributed by atoms with Gasteiger partial charge in [-0.05, 0) is 12.1 Å². The first-order valence-electron chi connectivity index (χ1n) is 7.59. The van der Waals surface area contributed by atoms with Gasteiger partial charge >= 0.3 is 0 Å². The number of rotatable bonds is 6. The Hall–Kier alpha value is -2.45. The van der Waals surface area contributed by atoms with Gasteiger partial charge in [-0.1, -0.05) is 36.0 Å². The summed E-state index contributed by atoms with van der Waals surface area (Å²) in [4.78, 5) is 34.9. The molecule has 1 N–H and O–H groups in total. The van der Waals surface area contributed by atoms with Crippen molar-refractivity contribution in [1.82, 2.24) is 9.88 Å². The van der Waals surface area contributed by atoms with E-state index < -0.39 is 5.25 Å². The Morgan fingerprint density at radius 1 is 1.40 bits per heavy atom. The highest BCUT2D eigenvalue weighted by Crippen LogP contribution is 2.32. The Kier molecular flexibility index (Phi) is 5.62. The second kappa shape index (κ2) is 8.09. The third-order valence-corrected chi connectivity index (χ3v) is 5.21. The third kappa shape index (κ3) is 4.34. The van der Waals surface area contributed by atoms with Crippen molar-refractivity contribution >= 4 is 50.9 Å². The number of nitrogens with zero attached hydrogens (tertiary/aromatic N) is 3. The largest absolute Gasteiger partial charge is 0.326 e. The Labute approximate surface area is 153 Å². The lowest BCUT2D eigenvalue weighted by molar-refractivity contribution is -0.127. The number of aromatic nitrogens is 1. The summed E-state index contributed by atoms with van der Waals surface area (Å²) in [5.74, 6) is -0.338. The summed E-state index contributed by atoms with van der Waals surface area (Å²) in [7, 11) is 0. The lowest BCUT2D eigenvalue weighted by atomic mass is 10.2. The predicted octanol–water partition coefficient (Wildman–Crippen LogP) is 3.29.